The Balaban J connectivity index is 1.56. The van der Waals surface area contributed by atoms with E-state index < -0.39 is 27.6 Å². The van der Waals surface area contributed by atoms with Gasteiger partial charge in [-0.05, 0) is 65.5 Å². The van der Waals surface area contributed by atoms with E-state index >= 15 is 0 Å². The fourth-order valence-corrected chi connectivity index (χ4v) is 5.25. The first-order valence-corrected chi connectivity index (χ1v) is 14.0. The number of carbonyl (C=O) groups excluding carboxylic acids is 3. The van der Waals surface area contributed by atoms with Crippen LogP contribution in [0.5, 0.6) is 0 Å². The molecule has 4 rings (SSSR count). The molecule has 1 unspecified atom stereocenters. The maximum absolute atomic E-state index is 13.1. The lowest BCUT2D eigenvalue weighted by atomic mass is 10.0. The zero-order valence-electron chi connectivity index (χ0n) is 20.9. The molecule has 0 bridgehead atoms. The third-order valence-corrected chi connectivity index (χ3v) is 7.60. The minimum atomic E-state index is -3.22. The molecule has 0 aliphatic rings. The number of pyridine rings is 1. The molecule has 40 heavy (non-hydrogen) atoms. The standard InChI is InChI=1S/C28H22Cl2N4O5S/c1-39-28(37)34-40(2,38)24-6-4-3-5-21(24)17-7-9-18(10-8-17)26(35)32-23-13-11-19(29)15-22(23)27(36)33-25-14-12-20(30)16-31-25/h3-16H,2H2,1H3,(H,32,35)(H,31,33,36)(H,34,37,38). The van der Waals surface area contributed by atoms with Crippen molar-refractivity contribution in [3.05, 3.63) is 106 Å². The van der Waals surface area contributed by atoms with E-state index in [1.165, 1.54) is 18.3 Å². The molecule has 3 N–H and O–H groups in total. The number of hydrogen-bond donors (Lipinski definition) is 3. The summed E-state index contributed by atoms with van der Waals surface area (Å²) in [6.45, 7) is 0. The van der Waals surface area contributed by atoms with Gasteiger partial charge in [0.2, 0.25) is 0 Å². The normalized spacial score (nSPS) is 12.1. The summed E-state index contributed by atoms with van der Waals surface area (Å²) in [6.07, 6.45) is 0.520. The summed E-state index contributed by atoms with van der Waals surface area (Å²) in [6, 6.07) is 20.9. The molecule has 0 spiro atoms. The first-order chi connectivity index (χ1) is 19.1. The van der Waals surface area contributed by atoms with E-state index in [0.29, 0.717) is 31.6 Å². The number of hydrogen-bond acceptors (Lipinski definition) is 6. The summed E-state index contributed by atoms with van der Waals surface area (Å²) in [4.78, 5) is 42.0. The highest BCUT2D eigenvalue weighted by Gasteiger charge is 2.19. The molecule has 3 aromatic carbocycles. The van der Waals surface area contributed by atoms with Crippen LogP contribution in [-0.4, -0.2) is 40.1 Å². The minimum absolute atomic E-state index is 0.131. The number of carbonyl (C=O) groups is 3. The molecule has 1 aromatic heterocycles. The number of aromatic nitrogens is 1. The molecule has 1 heterocycles. The van der Waals surface area contributed by atoms with E-state index in [1.807, 2.05) is 0 Å². The van der Waals surface area contributed by atoms with Gasteiger partial charge in [0, 0.05) is 16.8 Å². The number of rotatable bonds is 7. The van der Waals surface area contributed by atoms with Gasteiger partial charge >= 0.3 is 6.09 Å². The predicted octanol–water partition coefficient (Wildman–Crippen LogP) is 5.91. The zero-order chi connectivity index (χ0) is 28.9. The third-order valence-electron chi connectivity index (χ3n) is 5.58. The number of nitrogens with one attached hydrogen (secondary N) is 3. The Morgan fingerprint density at radius 1 is 0.875 bits per heavy atom. The van der Waals surface area contributed by atoms with Crippen molar-refractivity contribution in [2.24, 2.45) is 0 Å². The predicted molar refractivity (Wildman–Crippen MR) is 158 cm³/mol. The number of anilines is 2. The van der Waals surface area contributed by atoms with Crippen LogP contribution in [0.2, 0.25) is 10.0 Å². The van der Waals surface area contributed by atoms with Gasteiger partial charge in [-0.1, -0.05) is 53.5 Å². The largest absolute Gasteiger partial charge is 0.452 e. The van der Waals surface area contributed by atoms with Crippen molar-refractivity contribution >= 4 is 68.2 Å². The van der Waals surface area contributed by atoms with Crippen LogP contribution < -0.4 is 15.4 Å². The van der Waals surface area contributed by atoms with Crippen LogP contribution in [0.4, 0.5) is 16.3 Å². The smallest absolute Gasteiger partial charge is 0.418 e. The van der Waals surface area contributed by atoms with Crippen molar-refractivity contribution in [3.8, 4) is 11.1 Å². The first-order valence-electron chi connectivity index (χ1n) is 11.5. The van der Waals surface area contributed by atoms with Gasteiger partial charge in [0.1, 0.15) is 5.82 Å². The lowest BCUT2D eigenvalue weighted by molar-refractivity contribution is 0.102. The van der Waals surface area contributed by atoms with Gasteiger partial charge in [-0.25, -0.2) is 18.7 Å². The van der Waals surface area contributed by atoms with E-state index in [0.717, 1.165) is 7.11 Å². The molecule has 0 fully saturated rings. The highest BCUT2D eigenvalue weighted by atomic mass is 35.5. The summed E-state index contributed by atoms with van der Waals surface area (Å²) in [5, 5.41) is 6.10. The third kappa shape index (κ3) is 6.78. The average molecular weight is 597 g/mol. The summed E-state index contributed by atoms with van der Waals surface area (Å²) >= 11 is 12.0. The first kappa shape index (κ1) is 28.6. The van der Waals surface area contributed by atoms with E-state index in [1.54, 1.807) is 66.7 Å². The lowest BCUT2D eigenvalue weighted by Crippen LogP contribution is -2.30. The number of benzene rings is 3. The van der Waals surface area contributed by atoms with Crippen LogP contribution in [0.25, 0.3) is 11.1 Å². The molecule has 0 radical (unpaired) electrons. The molecule has 3 amide bonds. The van der Waals surface area contributed by atoms with Crippen molar-refractivity contribution in [1.29, 1.82) is 0 Å². The molecule has 0 saturated heterocycles. The Kier molecular flexibility index (Phi) is 8.73. The van der Waals surface area contributed by atoms with Gasteiger partial charge in [0.05, 0.1) is 38.0 Å². The van der Waals surface area contributed by atoms with Crippen molar-refractivity contribution in [2.45, 2.75) is 4.90 Å². The van der Waals surface area contributed by atoms with Gasteiger partial charge < -0.3 is 15.4 Å². The number of methoxy groups -OCH3 is 1. The van der Waals surface area contributed by atoms with Crippen molar-refractivity contribution in [3.63, 3.8) is 0 Å². The second-order valence-electron chi connectivity index (χ2n) is 8.30. The topological polar surface area (TPSA) is 126 Å². The Hall–Kier alpha value is -4.38. The summed E-state index contributed by atoms with van der Waals surface area (Å²) in [5.74, 6) is 2.93. The van der Waals surface area contributed by atoms with Crippen LogP contribution in [0, 0.1) is 0 Å². The molecule has 1 atom stereocenters. The van der Waals surface area contributed by atoms with Crippen molar-refractivity contribution in [1.82, 2.24) is 9.71 Å². The zero-order valence-corrected chi connectivity index (χ0v) is 23.3. The highest BCUT2D eigenvalue weighted by Crippen LogP contribution is 2.28. The molecule has 0 aliphatic heterocycles. The fourth-order valence-electron chi connectivity index (χ4n) is 3.67. The average Bonchev–Trinajstić information content (AvgIpc) is 2.95. The van der Waals surface area contributed by atoms with Gasteiger partial charge in [-0.2, -0.15) is 0 Å². The maximum atomic E-state index is 13.1. The van der Waals surface area contributed by atoms with Crippen LogP contribution in [0.15, 0.2) is 90.0 Å². The van der Waals surface area contributed by atoms with E-state index in [9.17, 15) is 18.6 Å². The Morgan fingerprint density at radius 3 is 2.25 bits per heavy atom. The lowest BCUT2D eigenvalue weighted by Gasteiger charge is -2.15. The molecule has 4 aromatic rings. The van der Waals surface area contributed by atoms with Gasteiger partial charge in [0.15, 0.2) is 0 Å². The monoisotopic (exact) mass is 596 g/mol. The number of halogens is 2. The maximum Gasteiger partial charge on any atom is 0.418 e. The Morgan fingerprint density at radius 2 is 1.57 bits per heavy atom. The second kappa shape index (κ2) is 12.2. The van der Waals surface area contributed by atoms with Crippen LogP contribution in [0.1, 0.15) is 20.7 Å². The van der Waals surface area contributed by atoms with E-state index in [2.05, 4.69) is 30.9 Å². The van der Waals surface area contributed by atoms with Crippen LogP contribution >= 0.6 is 23.2 Å². The van der Waals surface area contributed by atoms with Crippen molar-refractivity contribution in [2.75, 3.05) is 17.7 Å². The Bertz CT molecular complexity index is 1690. The summed E-state index contributed by atoms with van der Waals surface area (Å²) in [7, 11) is -2.06. The van der Waals surface area contributed by atoms with Crippen LogP contribution in [0.3, 0.4) is 0 Å². The number of nitrogens with zero attached hydrogens (tertiary/aromatic N) is 1. The molecule has 0 saturated carbocycles. The highest BCUT2D eigenvalue weighted by molar-refractivity contribution is 7.99. The second-order valence-corrected chi connectivity index (χ2v) is 11.2. The van der Waals surface area contributed by atoms with E-state index in [4.69, 9.17) is 23.2 Å². The van der Waals surface area contributed by atoms with Gasteiger partial charge in [0.25, 0.3) is 11.8 Å². The minimum Gasteiger partial charge on any atom is -0.452 e. The SMILES string of the molecule is C=S(=O)(NC(=O)OC)c1ccccc1-c1ccc(C(=O)Nc2ccc(Cl)cc2C(=O)Nc2ccc(Cl)cn2)cc1. The molecule has 204 valence electrons. The van der Waals surface area contributed by atoms with Gasteiger partial charge in [-0.3, -0.25) is 9.59 Å². The number of amides is 3. The fraction of sp³-hybridized carbons (Fsp3) is 0.0357. The molecule has 0 aliphatic carbocycles. The summed E-state index contributed by atoms with van der Waals surface area (Å²) < 4.78 is 20.0. The van der Waals surface area contributed by atoms with Gasteiger partial charge in [-0.15, -0.1) is 0 Å². The van der Waals surface area contributed by atoms with Crippen LogP contribution in [-0.2, 0) is 14.4 Å². The van der Waals surface area contributed by atoms with Crippen molar-refractivity contribution < 1.29 is 23.3 Å². The summed E-state index contributed by atoms with van der Waals surface area (Å²) in [5.41, 5.74) is 1.85. The van der Waals surface area contributed by atoms with E-state index in [-0.39, 0.29) is 17.1 Å². The molecular formula is C28H22Cl2N4O5S. The molecular weight excluding hydrogens is 575 g/mol. The number of ether oxygens (including phenoxy) is 1. The molecule has 9 nitrogen and oxygen atoms in total. The Labute approximate surface area is 240 Å². The molecule has 12 heteroatoms. The quantitative estimate of drug-likeness (QED) is 0.228.